The summed E-state index contributed by atoms with van der Waals surface area (Å²) < 4.78 is 11.5. The summed E-state index contributed by atoms with van der Waals surface area (Å²) in [5.41, 5.74) is 1.87. The summed E-state index contributed by atoms with van der Waals surface area (Å²) >= 11 is 0. The lowest BCUT2D eigenvalue weighted by Crippen LogP contribution is -2.29. The Morgan fingerprint density at radius 1 is 1.15 bits per heavy atom. The van der Waals surface area contributed by atoms with Crippen LogP contribution >= 0.6 is 0 Å². The molecule has 33 heavy (non-hydrogen) atoms. The van der Waals surface area contributed by atoms with E-state index in [2.05, 4.69) is 4.98 Å². The number of pyridine rings is 1. The fourth-order valence-electron chi connectivity index (χ4n) is 3.93. The molecule has 1 saturated heterocycles. The normalized spacial score (nSPS) is 17.5. The third-order valence-electron chi connectivity index (χ3n) is 5.54. The maximum atomic E-state index is 13.1. The number of Topliss-reactive ketones (excluding diaryl/α,β-unsaturated/α-hetero) is 1. The van der Waals surface area contributed by atoms with Gasteiger partial charge in [0.25, 0.3) is 11.7 Å². The summed E-state index contributed by atoms with van der Waals surface area (Å²) in [5.74, 6) is 0.0427. The number of hydrogen-bond acceptors (Lipinski definition) is 6. The fourth-order valence-corrected chi connectivity index (χ4v) is 3.93. The molecule has 1 atom stereocenters. The maximum absolute atomic E-state index is 13.1. The van der Waals surface area contributed by atoms with Crippen LogP contribution in [0.25, 0.3) is 5.76 Å². The number of aromatic nitrogens is 1. The zero-order valence-corrected chi connectivity index (χ0v) is 18.9. The van der Waals surface area contributed by atoms with E-state index < -0.39 is 17.7 Å². The van der Waals surface area contributed by atoms with Crippen molar-refractivity contribution in [3.05, 3.63) is 88.6 Å². The van der Waals surface area contributed by atoms with Crippen LogP contribution in [0.5, 0.6) is 5.75 Å². The van der Waals surface area contributed by atoms with Crippen LogP contribution in [0.15, 0.2) is 64.7 Å². The number of nitrogens with zero attached hydrogens (tertiary/aromatic N) is 2. The summed E-state index contributed by atoms with van der Waals surface area (Å²) in [7, 11) is 0. The van der Waals surface area contributed by atoms with Crippen molar-refractivity contribution in [2.24, 2.45) is 0 Å². The van der Waals surface area contributed by atoms with E-state index in [1.165, 1.54) is 4.90 Å². The number of ketones is 1. The van der Waals surface area contributed by atoms with E-state index in [0.717, 1.165) is 12.0 Å². The topological polar surface area (TPSA) is 92.9 Å². The van der Waals surface area contributed by atoms with Gasteiger partial charge >= 0.3 is 0 Å². The lowest BCUT2D eigenvalue weighted by atomic mass is 9.98. The lowest BCUT2D eigenvalue weighted by Gasteiger charge is -2.23. The van der Waals surface area contributed by atoms with Crippen LogP contribution < -0.4 is 4.74 Å². The zero-order valence-electron chi connectivity index (χ0n) is 18.9. The number of aryl methyl sites for hydroxylation is 2. The van der Waals surface area contributed by atoms with E-state index in [0.29, 0.717) is 35.1 Å². The lowest BCUT2D eigenvalue weighted by molar-refractivity contribution is -0.140. The van der Waals surface area contributed by atoms with E-state index in [1.54, 1.807) is 55.6 Å². The van der Waals surface area contributed by atoms with Crippen LogP contribution in [0.4, 0.5) is 0 Å². The van der Waals surface area contributed by atoms with Gasteiger partial charge in [-0.3, -0.25) is 14.6 Å². The molecular weight excluding hydrogens is 420 g/mol. The Morgan fingerprint density at radius 2 is 1.97 bits per heavy atom. The monoisotopic (exact) mass is 446 g/mol. The average Bonchev–Trinajstić information content (AvgIpc) is 3.34. The molecule has 0 aliphatic carbocycles. The number of rotatable bonds is 7. The number of likely N-dealkylation sites (tertiary alicyclic amines) is 1. The molecule has 2 aromatic heterocycles. The highest BCUT2D eigenvalue weighted by molar-refractivity contribution is 6.46. The highest BCUT2D eigenvalue weighted by Crippen LogP contribution is 2.41. The molecule has 7 nitrogen and oxygen atoms in total. The minimum absolute atomic E-state index is 0.00749. The standard InChI is InChI=1S/C26H26N2O5/c1-4-13-32-20-11-9-18(14-16(20)2)24(29)22-23(21-10-8-17(3)33-21)28(26(31)25(22)30)15-19-7-5-6-12-27-19/h5-12,14,23,29H,4,13,15H2,1-3H3/b24-22-. The van der Waals surface area contributed by atoms with Gasteiger partial charge in [0, 0.05) is 11.8 Å². The van der Waals surface area contributed by atoms with Gasteiger partial charge in [0.15, 0.2) is 0 Å². The smallest absolute Gasteiger partial charge is 0.296 e. The van der Waals surface area contributed by atoms with E-state index in [1.807, 2.05) is 19.9 Å². The van der Waals surface area contributed by atoms with Crippen molar-refractivity contribution < 1.29 is 23.8 Å². The predicted molar refractivity (Wildman–Crippen MR) is 122 cm³/mol. The molecule has 1 N–H and O–H groups in total. The number of carbonyl (C=O) groups excluding carboxylic acids is 2. The molecule has 4 rings (SSSR count). The van der Waals surface area contributed by atoms with E-state index in [9.17, 15) is 14.7 Å². The molecule has 1 fully saturated rings. The summed E-state index contributed by atoms with van der Waals surface area (Å²) in [6.45, 7) is 6.37. The number of furan rings is 1. The molecule has 1 aromatic carbocycles. The molecule has 7 heteroatoms. The Bertz CT molecular complexity index is 1210. The second kappa shape index (κ2) is 9.32. The van der Waals surface area contributed by atoms with E-state index >= 15 is 0 Å². The third kappa shape index (κ3) is 4.39. The van der Waals surface area contributed by atoms with Crippen molar-refractivity contribution in [3.63, 3.8) is 0 Å². The number of amides is 1. The van der Waals surface area contributed by atoms with Gasteiger partial charge in [-0.2, -0.15) is 0 Å². The molecule has 3 aromatic rings. The molecule has 1 aliphatic rings. The predicted octanol–water partition coefficient (Wildman–Crippen LogP) is 4.70. The van der Waals surface area contributed by atoms with E-state index in [-0.39, 0.29) is 17.9 Å². The number of hydrogen-bond donors (Lipinski definition) is 1. The average molecular weight is 447 g/mol. The molecule has 0 saturated carbocycles. The van der Waals surface area contributed by atoms with Gasteiger partial charge in [0.2, 0.25) is 0 Å². The Kier molecular flexibility index (Phi) is 6.31. The number of ether oxygens (including phenoxy) is 1. The summed E-state index contributed by atoms with van der Waals surface area (Å²) in [6.07, 6.45) is 2.51. The number of carbonyl (C=O) groups is 2. The first-order chi connectivity index (χ1) is 15.9. The van der Waals surface area contributed by atoms with Crippen LogP contribution in [0.1, 0.15) is 47.7 Å². The van der Waals surface area contributed by atoms with Crippen LogP contribution in [-0.4, -0.2) is 33.3 Å². The number of benzene rings is 1. The van der Waals surface area contributed by atoms with Crippen molar-refractivity contribution in [1.82, 2.24) is 9.88 Å². The Balaban J connectivity index is 1.79. The second-order valence-electron chi connectivity index (χ2n) is 8.03. The highest BCUT2D eigenvalue weighted by atomic mass is 16.5. The zero-order chi connectivity index (χ0) is 23.5. The van der Waals surface area contributed by atoms with Crippen molar-refractivity contribution >= 4 is 17.4 Å². The quantitative estimate of drug-likeness (QED) is 0.321. The molecule has 170 valence electrons. The minimum atomic E-state index is -0.864. The Hall–Kier alpha value is -3.87. The van der Waals surface area contributed by atoms with Crippen LogP contribution in [0.2, 0.25) is 0 Å². The molecule has 1 unspecified atom stereocenters. The first kappa shape index (κ1) is 22.3. The van der Waals surface area contributed by atoms with Gasteiger partial charge in [-0.1, -0.05) is 13.0 Å². The molecule has 1 aliphatic heterocycles. The van der Waals surface area contributed by atoms with Crippen molar-refractivity contribution in [3.8, 4) is 5.75 Å². The van der Waals surface area contributed by atoms with Gasteiger partial charge in [-0.05, 0) is 68.3 Å². The minimum Gasteiger partial charge on any atom is -0.507 e. The maximum Gasteiger partial charge on any atom is 0.296 e. The van der Waals surface area contributed by atoms with Gasteiger partial charge in [0.05, 0.1) is 24.4 Å². The highest BCUT2D eigenvalue weighted by Gasteiger charge is 2.47. The summed E-state index contributed by atoms with van der Waals surface area (Å²) in [5, 5.41) is 11.2. The molecule has 0 bridgehead atoms. The van der Waals surface area contributed by atoms with Crippen molar-refractivity contribution in [2.45, 2.75) is 39.8 Å². The van der Waals surface area contributed by atoms with Crippen molar-refractivity contribution in [2.75, 3.05) is 6.61 Å². The largest absolute Gasteiger partial charge is 0.507 e. The Labute approximate surface area is 192 Å². The number of aliphatic hydroxyl groups is 1. The molecule has 0 radical (unpaired) electrons. The first-order valence-electron chi connectivity index (χ1n) is 10.9. The summed E-state index contributed by atoms with van der Waals surface area (Å²) in [4.78, 5) is 31.8. The SMILES string of the molecule is CCCOc1ccc(/C(O)=C2/C(=O)C(=O)N(Cc3ccccn3)C2c2ccc(C)o2)cc1C. The first-order valence-corrected chi connectivity index (χ1v) is 10.9. The molecule has 3 heterocycles. The second-order valence-corrected chi connectivity index (χ2v) is 8.03. The molecule has 0 spiro atoms. The fraction of sp³-hybridized carbons (Fsp3) is 0.269. The van der Waals surface area contributed by atoms with Gasteiger partial charge in [-0.15, -0.1) is 0 Å². The van der Waals surface area contributed by atoms with Crippen LogP contribution in [0, 0.1) is 13.8 Å². The van der Waals surface area contributed by atoms with Crippen LogP contribution in [-0.2, 0) is 16.1 Å². The Morgan fingerprint density at radius 3 is 2.61 bits per heavy atom. The summed E-state index contributed by atoms with van der Waals surface area (Å²) in [6, 6.07) is 13.2. The molecule has 1 amide bonds. The van der Waals surface area contributed by atoms with Gasteiger partial charge < -0.3 is 19.2 Å². The van der Waals surface area contributed by atoms with Gasteiger partial charge in [0.1, 0.15) is 29.1 Å². The van der Waals surface area contributed by atoms with Crippen LogP contribution in [0.3, 0.4) is 0 Å². The molecular formula is C26H26N2O5. The van der Waals surface area contributed by atoms with Crippen molar-refractivity contribution in [1.29, 1.82) is 0 Å². The van der Waals surface area contributed by atoms with E-state index in [4.69, 9.17) is 9.15 Å². The third-order valence-corrected chi connectivity index (χ3v) is 5.54. The van der Waals surface area contributed by atoms with Gasteiger partial charge in [-0.25, -0.2) is 0 Å². The number of aliphatic hydroxyl groups excluding tert-OH is 1.